The van der Waals surface area contributed by atoms with Gasteiger partial charge in [-0.2, -0.15) is 0 Å². The van der Waals surface area contributed by atoms with Crippen LogP contribution in [0.3, 0.4) is 0 Å². The van der Waals surface area contributed by atoms with Crippen LogP contribution in [0.2, 0.25) is 0 Å². The maximum absolute atomic E-state index is 12.8. The molecule has 8 nitrogen and oxygen atoms in total. The van der Waals surface area contributed by atoms with Crippen molar-refractivity contribution in [1.29, 1.82) is 0 Å². The van der Waals surface area contributed by atoms with Crippen molar-refractivity contribution < 1.29 is 17.9 Å². The molecule has 0 aliphatic carbocycles. The van der Waals surface area contributed by atoms with Crippen LogP contribution in [0.25, 0.3) is 10.2 Å². The molecule has 0 unspecified atom stereocenters. The number of amides is 1. The van der Waals surface area contributed by atoms with Gasteiger partial charge in [0.1, 0.15) is 10.6 Å². The Morgan fingerprint density at radius 1 is 1.03 bits per heavy atom. The quantitative estimate of drug-likeness (QED) is 0.362. The number of sulfonamides is 1. The molecule has 0 atom stereocenters. The van der Waals surface area contributed by atoms with Crippen molar-refractivity contribution >= 4 is 59.1 Å². The van der Waals surface area contributed by atoms with Crippen molar-refractivity contribution in [2.45, 2.75) is 32.6 Å². The number of nitrogens with one attached hydrogen (secondary N) is 2. The van der Waals surface area contributed by atoms with Crippen molar-refractivity contribution in [3.8, 4) is 5.75 Å². The van der Waals surface area contributed by atoms with Crippen LogP contribution in [-0.2, 0) is 10.0 Å². The third-order valence-corrected chi connectivity index (χ3v) is 8.37. The average Bonchev–Trinajstić information content (AvgIpc) is 3.29. The van der Waals surface area contributed by atoms with Crippen LogP contribution in [0, 0.1) is 20.8 Å². The number of hydrogen-bond donors (Lipinski definition) is 2. The molecule has 4 aromatic rings. The smallest absolute Gasteiger partial charge is 0.269 e. The minimum absolute atomic E-state index is 0.128. The Morgan fingerprint density at radius 2 is 1.82 bits per heavy atom. The first kappa shape index (κ1) is 23.1. The van der Waals surface area contributed by atoms with Gasteiger partial charge in [0, 0.05) is 0 Å². The molecule has 0 saturated heterocycles. The number of nitrogens with zero attached hydrogens (tertiary/aromatic N) is 2. The third kappa shape index (κ3) is 5.00. The van der Waals surface area contributed by atoms with Gasteiger partial charge in [-0.3, -0.25) is 14.8 Å². The van der Waals surface area contributed by atoms with E-state index in [4.69, 9.17) is 4.74 Å². The predicted molar refractivity (Wildman–Crippen MR) is 132 cm³/mol. The number of thiazole rings is 2. The number of aromatic nitrogens is 2. The number of carbonyl (C=O) groups excluding carboxylic acids is 1. The largest absolute Gasteiger partial charge is 0.494 e. The van der Waals surface area contributed by atoms with Crippen molar-refractivity contribution in [3.05, 3.63) is 58.1 Å². The molecule has 0 bridgehead atoms. The first-order valence-corrected chi connectivity index (χ1v) is 13.2. The van der Waals surface area contributed by atoms with E-state index in [1.54, 1.807) is 32.0 Å². The van der Waals surface area contributed by atoms with E-state index in [9.17, 15) is 13.2 Å². The summed E-state index contributed by atoms with van der Waals surface area (Å²) in [6.07, 6.45) is 0. The number of ether oxygens (including phenoxy) is 1. The molecule has 0 spiro atoms. The molecule has 0 aliphatic rings. The molecule has 2 N–H and O–H groups in total. The lowest BCUT2D eigenvalue weighted by atomic mass is 10.2. The molecule has 172 valence electrons. The Kier molecular flexibility index (Phi) is 6.37. The minimum atomic E-state index is -3.83. The summed E-state index contributed by atoms with van der Waals surface area (Å²) in [5.41, 5.74) is 2.79. The van der Waals surface area contributed by atoms with Gasteiger partial charge in [-0.05, 0) is 57.5 Å². The summed E-state index contributed by atoms with van der Waals surface area (Å²) in [5, 5.41) is 3.35. The minimum Gasteiger partial charge on any atom is -0.494 e. The molecule has 33 heavy (non-hydrogen) atoms. The summed E-state index contributed by atoms with van der Waals surface area (Å²) in [6.45, 7) is 7.77. The monoisotopic (exact) mass is 502 g/mol. The summed E-state index contributed by atoms with van der Waals surface area (Å²) >= 11 is 2.31. The van der Waals surface area contributed by atoms with Crippen LogP contribution < -0.4 is 14.8 Å². The van der Waals surface area contributed by atoms with Gasteiger partial charge < -0.3 is 4.74 Å². The van der Waals surface area contributed by atoms with Gasteiger partial charge in [0.25, 0.3) is 15.9 Å². The molecule has 4 rings (SSSR count). The number of fused-ring (bicyclic) bond motifs is 1. The first-order valence-electron chi connectivity index (χ1n) is 10.1. The van der Waals surface area contributed by atoms with Gasteiger partial charge in [-0.15, -0.1) is 0 Å². The number of aryl methyl sites for hydroxylation is 3. The van der Waals surface area contributed by atoms with E-state index in [0.29, 0.717) is 27.9 Å². The van der Waals surface area contributed by atoms with E-state index in [1.807, 2.05) is 32.0 Å². The van der Waals surface area contributed by atoms with Gasteiger partial charge in [0.2, 0.25) is 0 Å². The van der Waals surface area contributed by atoms with E-state index in [2.05, 4.69) is 20.0 Å². The zero-order valence-corrected chi connectivity index (χ0v) is 20.9. The maximum Gasteiger partial charge on any atom is 0.269 e. The summed E-state index contributed by atoms with van der Waals surface area (Å²) in [7, 11) is -3.83. The van der Waals surface area contributed by atoms with E-state index in [0.717, 1.165) is 32.9 Å². The standard InChI is InChI=1S/C22H22N4O4S3/c1-5-30-15-7-8-16-17(11-15)31-21(24-16)25-20(27)19-14(4)23-22(32-19)26-33(28,29)18-9-6-12(2)10-13(18)3/h6-11H,5H2,1-4H3,(H,23,26)(H,24,25,27). The van der Waals surface area contributed by atoms with Crippen molar-refractivity contribution in [2.75, 3.05) is 16.6 Å². The molecule has 2 heterocycles. The van der Waals surface area contributed by atoms with Crippen LogP contribution in [0.4, 0.5) is 10.3 Å². The van der Waals surface area contributed by atoms with Gasteiger partial charge in [-0.1, -0.05) is 40.4 Å². The summed E-state index contributed by atoms with van der Waals surface area (Å²) in [4.78, 5) is 22.0. The molecule has 2 aromatic heterocycles. The first-order chi connectivity index (χ1) is 15.7. The van der Waals surface area contributed by atoms with Gasteiger partial charge in [0.05, 0.1) is 27.4 Å². The molecule has 1 amide bonds. The van der Waals surface area contributed by atoms with Gasteiger partial charge >= 0.3 is 0 Å². The number of benzene rings is 2. The van der Waals surface area contributed by atoms with Crippen LogP contribution in [0.5, 0.6) is 5.75 Å². The Balaban J connectivity index is 1.53. The van der Waals surface area contributed by atoms with E-state index < -0.39 is 15.9 Å². The number of anilines is 2. The zero-order chi connectivity index (χ0) is 23.8. The molecule has 0 radical (unpaired) electrons. The van der Waals surface area contributed by atoms with Crippen LogP contribution in [-0.4, -0.2) is 30.9 Å². The predicted octanol–water partition coefficient (Wildman–Crippen LogP) is 5.13. The van der Waals surface area contributed by atoms with E-state index in [1.165, 1.54) is 11.3 Å². The fraction of sp³-hybridized carbons (Fsp3) is 0.227. The van der Waals surface area contributed by atoms with Crippen molar-refractivity contribution in [1.82, 2.24) is 9.97 Å². The molecule has 0 fully saturated rings. The lowest BCUT2D eigenvalue weighted by Crippen LogP contribution is -2.14. The molecule has 2 aromatic carbocycles. The Morgan fingerprint density at radius 3 is 2.55 bits per heavy atom. The number of carbonyl (C=O) groups is 1. The summed E-state index contributed by atoms with van der Waals surface area (Å²) in [5.74, 6) is 0.344. The maximum atomic E-state index is 12.8. The lowest BCUT2D eigenvalue weighted by molar-refractivity contribution is 0.103. The molecule has 0 aliphatic heterocycles. The molecule has 0 saturated carbocycles. The van der Waals surface area contributed by atoms with Crippen LogP contribution >= 0.6 is 22.7 Å². The average molecular weight is 503 g/mol. The summed E-state index contributed by atoms with van der Waals surface area (Å²) < 4.78 is 34.5. The number of hydrogen-bond acceptors (Lipinski definition) is 8. The SMILES string of the molecule is CCOc1ccc2nc(NC(=O)c3sc(NS(=O)(=O)c4ccc(C)cc4C)nc3C)sc2c1. The fourth-order valence-corrected chi connectivity index (χ4v) is 6.50. The normalized spacial score (nSPS) is 11.5. The van der Waals surface area contributed by atoms with Crippen molar-refractivity contribution in [2.24, 2.45) is 0 Å². The van der Waals surface area contributed by atoms with E-state index in [-0.39, 0.29) is 10.0 Å². The second kappa shape index (κ2) is 9.08. The second-order valence-electron chi connectivity index (χ2n) is 7.34. The van der Waals surface area contributed by atoms with Crippen LogP contribution in [0.15, 0.2) is 41.3 Å². The molecule has 11 heteroatoms. The Hall–Kier alpha value is -3.02. The second-order valence-corrected chi connectivity index (χ2v) is 11.0. The third-order valence-electron chi connectivity index (χ3n) is 4.74. The Labute approximate surface area is 199 Å². The van der Waals surface area contributed by atoms with Crippen molar-refractivity contribution in [3.63, 3.8) is 0 Å². The fourth-order valence-electron chi connectivity index (χ4n) is 3.29. The molecular formula is C22H22N4O4S3. The number of rotatable bonds is 7. The van der Waals surface area contributed by atoms with Gasteiger partial charge in [-0.25, -0.2) is 18.4 Å². The molecular weight excluding hydrogens is 480 g/mol. The van der Waals surface area contributed by atoms with E-state index >= 15 is 0 Å². The highest BCUT2D eigenvalue weighted by molar-refractivity contribution is 7.93. The van der Waals surface area contributed by atoms with Gasteiger partial charge in [0.15, 0.2) is 10.3 Å². The highest BCUT2D eigenvalue weighted by atomic mass is 32.2. The Bertz CT molecular complexity index is 1460. The highest BCUT2D eigenvalue weighted by Crippen LogP contribution is 2.31. The summed E-state index contributed by atoms with van der Waals surface area (Å²) in [6, 6.07) is 10.6. The highest BCUT2D eigenvalue weighted by Gasteiger charge is 2.22. The topological polar surface area (TPSA) is 110 Å². The lowest BCUT2D eigenvalue weighted by Gasteiger charge is -2.08. The van der Waals surface area contributed by atoms with Crippen LogP contribution in [0.1, 0.15) is 33.4 Å². The zero-order valence-electron chi connectivity index (χ0n) is 18.4.